The number of aromatic nitrogens is 2. The van der Waals surface area contributed by atoms with Crippen LogP contribution in [0.4, 0.5) is 15.8 Å². The SMILES string of the molecule is CN(C)CCCOc1cc2ncc(C#N)c(Nc3cc(F)c(OCc4cccc(Cl)n4)cc3Cl)c2cc1Cl. The lowest BCUT2D eigenvalue weighted by Crippen LogP contribution is -2.15. The molecule has 196 valence electrons. The van der Waals surface area contributed by atoms with Crippen LogP contribution in [-0.4, -0.2) is 42.1 Å². The molecule has 0 aliphatic carbocycles. The number of hydrogen-bond donors (Lipinski definition) is 1. The molecule has 0 atom stereocenters. The van der Waals surface area contributed by atoms with E-state index in [1.165, 1.54) is 18.3 Å². The molecule has 11 heteroatoms. The summed E-state index contributed by atoms with van der Waals surface area (Å²) in [5.41, 5.74) is 1.94. The number of halogens is 4. The minimum Gasteiger partial charge on any atom is -0.492 e. The van der Waals surface area contributed by atoms with Crippen LogP contribution in [0.1, 0.15) is 17.7 Å². The van der Waals surface area contributed by atoms with Gasteiger partial charge in [0, 0.05) is 36.3 Å². The van der Waals surface area contributed by atoms with Gasteiger partial charge in [-0.1, -0.05) is 40.9 Å². The Morgan fingerprint density at radius 2 is 1.87 bits per heavy atom. The number of anilines is 2. The molecule has 2 heterocycles. The van der Waals surface area contributed by atoms with Gasteiger partial charge in [0.05, 0.1) is 44.8 Å². The lowest BCUT2D eigenvalue weighted by Gasteiger charge is -2.16. The minimum atomic E-state index is -0.651. The molecule has 4 rings (SSSR count). The zero-order valence-electron chi connectivity index (χ0n) is 20.6. The summed E-state index contributed by atoms with van der Waals surface area (Å²) >= 11 is 18.8. The van der Waals surface area contributed by atoms with Crippen molar-refractivity contribution in [2.24, 2.45) is 0 Å². The summed E-state index contributed by atoms with van der Waals surface area (Å²) in [7, 11) is 3.98. The summed E-state index contributed by atoms with van der Waals surface area (Å²) in [4.78, 5) is 10.6. The first-order chi connectivity index (χ1) is 18.2. The molecular formula is C27H23Cl3FN5O2. The standard InChI is InChI=1S/C27H23Cl3FN5O2/c1-36(2)7-4-8-37-24-12-22-18(9-20(24)29)27(16(13-32)14-33-22)35-23-11-21(31)25(10-19(23)28)38-15-17-5-3-6-26(30)34-17/h3,5-6,9-12,14H,4,7-8,15H2,1-2H3,(H,33,35). The molecule has 0 fully saturated rings. The van der Waals surface area contributed by atoms with Crippen molar-refractivity contribution in [2.75, 3.05) is 32.6 Å². The van der Waals surface area contributed by atoms with Gasteiger partial charge in [-0.3, -0.25) is 4.98 Å². The van der Waals surface area contributed by atoms with Crippen molar-refractivity contribution >= 4 is 57.1 Å². The number of ether oxygens (including phenoxy) is 2. The zero-order chi connectivity index (χ0) is 27.2. The van der Waals surface area contributed by atoms with Crippen molar-refractivity contribution < 1.29 is 13.9 Å². The highest BCUT2D eigenvalue weighted by atomic mass is 35.5. The van der Waals surface area contributed by atoms with E-state index in [1.807, 2.05) is 14.1 Å². The number of pyridine rings is 2. The van der Waals surface area contributed by atoms with Crippen LogP contribution in [0.5, 0.6) is 11.5 Å². The molecule has 2 aromatic heterocycles. The molecule has 0 amide bonds. The summed E-state index contributed by atoms with van der Waals surface area (Å²) in [5.74, 6) is -0.218. The Morgan fingerprint density at radius 1 is 1.05 bits per heavy atom. The number of fused-ring (bicyclic) bond motifs is 1. The maximum absolute atomic E-state index is 14.9. The Balaban J connectivity index is 1.59. The third-order valence-electron chi connectivity index (χ3n) is 5.48. The van der Waals surface area contributed by atoms with Gasteiger partial charge in [0.25, 0.3) is 0 Å². The quantitative estimate of drug-likeness (QED) is 0.158. The van der Waals surface area contributed by atoms with E-state index in [2.05, 4.69) is 26.3 Å². The largest absolute Gasteiger partial charge is 0.492 e. The Morgan fingerprint density at radius 3 is 2.61 bits per heavy atom. The van der Waals surface area contributed by atoms with E-state index in [0.29, 0.717) is 44.8 Å². The van der Waals surface area contributed by atoms with Crippen molar-refractivity contribution in [3.8, 4) is 17.6 Å². The van der Waals surface area contributed by atoms with Crippen LogP contribution in [0.2, 0.25) is 15.2 Å². The Labute approximate surface area is 234 Å². The average molecular weight is 575 g/mol. The zero-order valence-corrected chi connectivity index (χ0v) is 22.8. The first kappa shape index (κ1) is 27.7. The van der Waals surface area contributed by atoms with E-state index >= 15 is 0 Å². The number of nitrogens with one attached hydrogen (secondary N) is 1. The lowest BCUT2D eigenvalue weighted by molar-refractivity contribution is 0.282. The maximum atomic E-state index is 14.9. The van der Waals surface area contributed by atoms with Crippen LogP contribution in [0.3, 0.4) is 0 Å². The predicted molar refractivity (Wildman–Crippen MR) is 148 cm³/mol. The van der Waals surface area contributed by atoms with Gasteiger partial charge in [-0.05, 0) is 38.7 Å². The maximum Gasteiger partial charge on any atom is 0.167 e. The highest BCUT2D eigenvalue weighted by Gasteiger charge is 2.17. The summed E-state index contributed by atoms with van der Waals surface area (Å²) in [6, 6.07) is 13.1. The first-order valence-corrected chi connectivity index (χ1v) is 12.7. The molecule has 0 aliphatic heterocycles. The number of nitriles is 1. The number of benzene rings is 2. The van der Waals surface area contributed by atoms with Crippen LogP contribution in [0.15, 0.2) is 48.7 Å². The molecule has 0 aliphatic rings. The highest BCUT2D eigenvalue weighted by Crippen LogP contribution is 2.38. The Kier molecular flexibility index (Phi) is 9.08. The van der Waals surface area contributed by atoms with Gasteiger partial charge in [0.15, 0.2) is 11.6 Å². The fourth-order valence-electron chi connectivity index (χ4n) is 3.64. The second-order valence-electron chi connectivity index (χ2n) is 8.59. The fourth-order valence-corrected chi connectivity index (χ4v) is 4.24. The molecular weight excluding hydrogens is 552 g/mol. The number of rotatable bonds is 10. The van der Waals surface area contributed by atoms with E-state index in [-0.39, 0.29) is 28.6 Å². The van der Waals surface area contributed by atoms with Crippen LogP contribution in [0.25, 0.3) is 10.9 Å². The van der Waals surface area contributed by atoms with Gasteiger partial charge in [-0.25, -0.2) is 9.37 Å². The molecule has 2 aromatic carbocycles. The van der Waals surface area contributed by atoms with Crippen molar-refractivity contribution in [2.45, 2.75) is 13.0 Å². The smallest absolute Gasteiger partial charge is 0.167 e. The molecule has 0 saturated heterocycles. The number of hydrogen-bond acceptors (Lipinski definition) is 7. The molecule has 0 unspecified atom stereocenters. The molecule has 7 nitrogen and oxygen atoms in total. The minimum absolute atomic E-state index is 0.00616. The van der Waals surface area contributed by atoms with Crippen molar-refractivity contribution in [3.05, 3.63) is 80.9 Å². The van der Waals surface area contributed by atoms with E-state index < -0.39 is 5.82 Å². The first-order valence-electron chi connectivity index (χ1n) is 11.6. The van der Waals surface area contributed by atoms with Crippen LogP contribution in [0, 0.1) is 17.1 Å². The second kappa shape index (κ2) is 12.5. The van der Waals surface area contributed by atoms with Crippen LogP contribution < -0.4 is 14.8 Å². The molecule has 1 N–H and O–H groups in total. The molecule has 38 heavy (non-hydrogen) atoms. The molecule has 0 saturated carbocycles. The summed E-state index contributed by atoms with van der Waals surface area (Å²) in [6.07, 6.45) is 2.25. The normalized spacial score (nSPS) is 11.0. The number of nitrogens with zero attached hydrogens (tertiary/aromatic N) is 4. The van der Waals surface area contributed by atoms with E-state index in [0.717, 1.165) is 13.0 Å². The third-order valence-corrected chi connectivity index (χ3v) is 6.30. The van der Waals surface area contributed by atoms with Gasteiger partial charge in [-0.2, -0.15) is 5.26 Å². The molecule has 0 bridgehead atoms. The van der Waals surface area contributed by atoms with Gasteiger partial charge in [-0.15, -0.1) is 0 Å². The van der Waals surface area contributed by atoms with Crippen molar-refractivity contribution in [1.29, 1.82) is 5.26 Å². The monoisotopic (exact) mass is 573 g/mol. The Bertz CT molecular complexity index is 1510. The Hall–Kier alpha value is -3.35. The topological polar surface area (TPSA) is 83.3 Å². The molecule has 4 aromatic rings. The third kappa shape index (κ3) is 6.74. The van der Waals surface area contributed by atoms with Crippen LogP contribution >= 0.6 is 34.8 Å². The predicted octanol–water partition coefficient (Wildman–Crippen LogP) is 7.25. The van der Waals surface area contributed by atoms with E-state index in [4.69, 9.17) is 44.3 Å². The highest BCUT2D eigenvalue weighted by molar-refractivity contribution is 6.34. The van der Waals surface area contributed by atoms with Gasteiger partial charge >= 0.3 is 0 Å². The lowest BCUT2D eigenvalue weighted by atomic mass is 10.1. The van der Waals surface area contributed by atoms with Gasteiger partial charge < -0.3 is 19.7 Å². The fraction of sp³-hybridized carbons (Fsp3) is 0.222. The summed E-state index contributed by atoms with van der Waals surface area (Å²) in [5, 5.41) is 14.2. The van der Waals surface area contributed by atoms with Gasteiger partial charge in [0.1, 0.15) is 23.6 Å². The molecule has 0 spiro atoms. The summed E-state index contributed by atoms with van der Waals surface area (Å²) < 4.78 is 26.3. The van der Waals surface area contributed by atoms with Crippen molar-refractivity contribution in [1.82, 2.24) is 14.9 Å². The summed E-state index contributed by atoms with van der Waals surface area (Å²) in [6.45, 7) is 1.37. The van der Waals surface area contributed by atoms with Crippen LogP contribution in [-0.2, 0) is 6.61 Å². The van der Waals surface area contributed by atoms with Gasteiger partial charge in [0.2, 0.25) is 0 Å². The van der Waals surface area contributed by atoms with E-state index in [1.54, 1.807) is 30.3 Å². The second-order valence-corrected chi connectivity index (χ2v) is 9.79. The average Bonchev–Trinajstić information content (AvgIpc) is 2.88. The van der Waals surface area contributed by atoms with E-state index in [9.17, 15) is 9.65 Å². The van der Waals surface area contributed by atoms with Crippen molar-refractivity contribution in [3.63, 3.8) is 0 Å². The molecule has 0 radical (unpaired) electrons.